The van der Waals surface area contributed by atoms with Crippen molar-refractivity contribution in [3.63, 3.8) is 0 Å². The second-order valence-electron chi connectivity index (χ2n) is 6.27. The highest BCUT2D eigenvalue weighted by atomic mass is 32.2. The van der Waals surface area contributed by atoms with Crippen LogP contribution in [0.15, 0.2) is 40.8 Å². The van der Waals surface area contributed by atoms with Gasteiger partial charge in [0.2, 0.25) is 5.91 Å². The van der Waals surface area contributed by atoms with Gasteiger partial charge in [0, 0.05) is 23.1 Å². The Labute approximate surface area is 209 Å². The Hall–Kier alpha value is -2.80. The van der Waals surface area contributed by atoms with E-state index in [9.17, 15) is 9.59 Å². The van der Waals surface area contributed by atoms with Gasteiger partial charge in [-0.2, -0.15) is 0 Å². The minimum absolute atomic E-state index is 0.0101. The SMILES string of the molecule is C[C@@H]1NC(=O)[C@H]1NC(=O)/C(NOCCOc1ccc(/C(N)=N/O)cc1)=C(\C=S)NSN.OSO. The second-order valence-corrected chi connectivity index (χ2v) is 7.10. The first-order valence-electron chi connectivity index (χ1n) is 9.28. The fourth-order valence-electron chi connectivity index (χ4n) is 2.46. The Kier molecular flexibility index (Phi) is 13.7. The fourth-order valence-corrected chi connectivity index (χ4v) is 3.00. The molecule has 2 atom stereocenters. The Balaban J connectivity index is 0.00000182. The van der Waals surface area contributed by atoms with Gasteiger partial charge >= 0.3 is 0 Å². The number of nitrogens with zero attached hydrogens (tertiary/aromatic N) is 1. The summed E-state index contributed by atoms with van der Waals surface area (Å²) in [5, 5.41) is 23.4. The lowest BCUT2D eigenvalue weighted by Crippen LogP contribution is -2.68. The average Bonchev–Trinajstić information content (AvgIpc) is 2.84. The molecule has 0 saturated carbocycles. The smallest absolute Gasteiger partial charge is 0.272 e. The predicted octanol–water partition coefficient (Wildman–Crippen LogP) is -0.327. The van der Waals surface area contributed by atoms with Crippen LogP contribution >= 0.6 is 36.7 Å². The number of ether oxygens (including phenoxy) is 1. The highest BCUT2D eigenvalue weighted by molar-refractivity contribution is 7.95. The zero-order valence-corrected chi connectivity index (χ0v) is 20.2. The first kappa shape index (κ1) is 29.2. The van der Waals surface area contributed by atoms with E-state index in [2.05, 4.69) is 26.0 Å². The number of benzene rings is 1. The van der Waals surface area contributed by atoms with Crippen LogP contribution in [-0.4, -0.2) is 62.6 Å². The Bertz CT molecular complexity index is 887. The van der Waals surface area contributed by atoms with Crippen molar-refractivity contribution >= 4 is 59.7 Å². The van der Waals surface area contributed by atoms with Crippen molar-refractivity contribution in [2.75, 3.05) is 13.2 Å². The topological polar surface area (TPSA) is 226 Å². The summed E-state index contributed by atoms with van der Waals surface area (Å²) in [6.45, 7) is 1.99. The molecule has 17 heteroatoms. The van der Waals surface area contributed by atoms with E-state index in [-0.39, 0.29) is 54.7 Å². The number of carbonyl (C=O) groups is 2. The maximum Gasteiger partial charge on any atom is 0.272 e. The van der Waals surface area contributed by atoms with Gasteiger partial charge in [0.1, 0.15) is 25.0 Å². The molecule has 0 aromatic heterocycles. The van der Waals surface area contributed by atoms with Gasteiger partial charge in [-0.3, -0.25) is 25.0 Å². The number of hydroxylamine groups is 1. The molecular formula is C17H25N7O7S3. The van der Waals surface area contributed by atoms with Gasteiger partial charge in [-0.25, -0.2) is 0 Å². The molecule has 11 N–H and O–H groups in total. The van der Waals surface area contributed by atoms with Crippen LogP contribution in [-0.2, 0) is 14.4 Å². The molecule has 2 amide bonds. The van der Waals surface area contributed by atoms with E-state index in [1.54, 1.807) is 31.2 Å². The molecule has 1 aromatic carbocycles. The first-order valence-corrected chi connectivity index (χ1v) is 11.4. The van der Waals surface area contributed by atoms with Crippen LogP contribution in [0.5, 0.6) is 5.75 Å². The van der Waals surface area contributed by atoms with Crippen molar-refractivity contribution in [2.45, 2.75) is 19.0 Å². The predicted molar refractivity (Wildman–Crippen MR) is 132 cm³/mol. The molecule has 0 unspecified atom stereocenters. The standard InChI is InChI=1S/C17H23N7O5S2.H2O2S/c1-9-13(16(25)20-9)21-17(26)14(12(8-30)24-31-19)23-29-7-6-28-11-4-2-10(3-5-11)15(18)22-27;1-3-2/h2-5,8-9,13,23-24,27H,6-7,19H2,1H3,(H2,18,22)(H,20,25)(H,21,26);1-2H/b14-12-;/t9-,13-;/m0./s1. The minimum Gasteiger partial charge on any atom is -0.491 e. The number of hydrogen-bond acceptors (Lipinski definition) is 14. The zero-order valence-electron chi connectivity index (χ0n) is 17.8. The minimum atomic E-state index is -0.655. The number of nitrogens with one attached hydrogen (secondary N) is 4. The third-order valence-electron chi connectivity index (χ3n) is 4.11. The van der Waals surface area contributed by atoms with E-state index in [0.717, 1.165) is 12.1 Å². The van der Waals surface area contributed by atoms with Crippen molar-refractivity contribution in [1.82, 2.24) is 20.8 Å². The number of rotatable bonds is 12. The number of thiocarbonyl (C=S) groups is 1. The second kappa shape index (κ2) is 15.9. The van der Waals surface area contributed by atoms with Crippen LogP contribution in [0.4, 0.5) is 0 Å². The van der Waals surface area contributed by atoms with E-state index in [1.165, 1.54) is 5.37 Å². The number of β-lactam (4-membered cyclic amide) rings is 1. The van der Waals surface area contributed by atoms with E-state index in [4.69, 9.17) is 47.0 Å². The Morgan fingerprint density at radius 2 is 1.97 bits per heavy atom. The number of carbonyl (C=O) groups excluding carboxylic acids is 2. The first-order chi connectivity index (χ1) is 16.3. The van der Waals surface area contributed by atoms with Crippen molar-refractivity contribution in [1.29, 1.82) is 0 Å². The van der Waals surface area contributed by atoms with Crippen LogP contribution in [0.1, 0.15) is 12.5 Å². The van der Waals surface area contributed by atoms with E-state index < -0.39 is 11.9 Å². The summed E-state index contributed by atoms with van der Waals surface area (Å²) in [6, 6.07) is 5.72. The van der Waals surface area contributed by atoms with Crippen LogP contribution < -0.4 is 36.4 Å². The van der Waals surface area contributed by atoms with Crippen LogP contribution in [0.2, 0.25) is 0 Å². The lowest BCUT2D eigenvalue weighted by Gasteiger charge is -2.34. The summed E-state index contributed by atoms with van der Waals surface area (Å²) in [5.74, 6) is -0.344. The van der Waals surface area contributed by atoms with Gasteiger partial charge in [0.15, 0.2) is 23.9 Å². The van der Waals surface area contributed by atoms with E-state index in [0.29, 0.717) is 11.3 Å². The van der Waals surface area contributed by atoms with Crippen LogP contribution in [0, 0.1) is 0 Å². The largest absolute Gasteiger partial charge is 0.491 e. The summed E-state index contributed by atoms with van der Waals surface area (Å²) in [4.78, 5) is 29.5. The highest BCUT2D eigenvalue weighted by Gasteiger charge is 2.37. The van der Waals surface area contributed by atoms with Crippen molar-refractivity contribution < 1.29 is 33.5 Å². The molecular weight excluding hydrogens is 510 g/mol. The zero-order chi connectivity index (χ0) is 25.5. The summed E-state index contributed by atoms with van der Waals surface area (Å²) in [5.41, 5.74) is 8.73. The number of amides is 2. The molecule has 1 fully saturated rings. The third kappa shape index (κ3) is 9.21. The lowest BCUT2D eigenvalue weighted by atomic mass is 10.0. The van der Waals surface area contributed by atoms with Gasteiger partial charge in [-0.15, -0.1) is 0 Å². The summed E-state index contributed by atoms with van der Waals surface area (Å²) in [7, 11) is 0. The Morgan fingerprint density at radius 3 is 2.47 bits per heavy atom. The normalized spacial score (nSPS) is 17.6. The lowest BCUT2D eigenvalue weighted by molar-refractivity contribution is -0.135. The monoisotopic (exact) mass is 535 g/mol. The number of allylic oxidation sites excluding steroid dienone is 1. The van der Waals surface area contributed by atoms with Crippen molar-refractivity contribution in [3.8, 4) is 5.75 Å². The molecule has 0 spiro atoms. The van der Waals surface area contributed by atoms with Crippen LogP contribution in [0.25, 0.3) is 0 Å². The number of hydrogen-bond donors (Lipinski definition) is 9. The molecule has 1 aliphatic rings. The Morgan fingerprint density at radius 1 is 1.32 bits per heavy atom. The molecule has 34 heavy (non-hydrogen) atoms. The molecule has 0 aliphatic carbocycles. The molecule has 1 heterocycles. The van der Waals surface area contributed by atoms with E-state index >= 15 is 0 Å². The fraction of sp³-hybridized carbons (Fsp3) is 0.294. The molecule has 1 aliphatic heterocycles. The number of oxime groups is 1. The molecule has 1 saturated heterocycles. The molecule has 0 bridgehead atoms. The highest BCUT2D eigenvalue weighted by Crippen LogP contribution is 2.12. The van der Waals surface area contributed by atoms with Crippen LogP contribution in [0.3, 0.4) is 0 Å². The maximum absolute atomic E-state index is 12.6. The number of nitrogens with two attached hydrogens (primary N) is 2. The average molecular weight is 536 g/mol. The summed E-state index contributed by atoms with van der Waals surface area (Å²) >= 11 is 5.41. The number of amidine groups is 1. The van der Waals surface area contributed by atoms with Gasteiger partial charge in [0.05, 0.1) is 11.7 Å². The summed E-state index contributed by atoms with van der Waals surface area (Å²) in [6.07, 6.45) is 0. The van der Waals surface area contributed by atoms with Gasteiger partial charge in [-0.05, 0) is 31.2 Å². The van der Waals surface area contributed by atoms with Gasteiger partial charge in [0.25, 0.3) is 5.91 Å². The summed E-state index contributed by atoms with van der Waals surface area (Å²) < 4.78 is 22.3. The molecule has 14 nitrogen and oxygen atoms in total. The molecule has 188 valence electrons. The van der Waals surface area contributed by atoms with E-state index in [1.807, 2.05) is 0 Å². The van der Waals surface area contributed by atoms with Gasteiger partial charge < -0.3 is 40.1 Å². The molecule has 0 radical (unpaired) electrons. The molecule has 1 aromatic rings. The third-order valence-corrected chi connectivity index (χ3v) is 4.68. The van der Waals surface area contributed by atoms with Crippen molar-refractivity contribution in [2.24, 2.45) is 16.0 Å². The van der Waals surface area contributed by atoms with Crippen molar-refractivity contribution in [3.05, 3.63) is 41.2 Å². The quantitative estimate of drug-likeness (QED) is 0.0160. The van der Waals surface area contributed by atoms with Gasteiger partial charge in [-0.1, -0.05) is 17.4 Å². The maximum atomic E-state index is 12.6. The molecule has 2 rings (SSSR count).